The SMILES string of the molecule is [C-]#[N+]C1C(C)=NC(C)=C(C(=O)OCC(C)C)C1c1ccc(F)cc1C(F)(F)F. The van der Waals surface area contributed by atoms with E-state index in [4.69, 9.17) is 11.3 Å². The zero-order valence-corrected chi connectivity index (χ0v) is 15.9. The van der Waals surface area contributed by atoms with Crippen molar-refractivity contribution in [3.63, 3.8) is 0 Å². The molecule has 0 saturated heterocycles. The molecule has 0 bridgehead atoms. The van der Waals surface area contributed by atoms with Gasteiger partial charge in [0.15, 0.2) is 0 Å². The Labute approximate surface area is 160 Å². The molecule has 1 heterocycles. The quantitative estimate of drug-likeness (QED) is 0.401. The number of rotatable bonds is 4. The first-order valence-corrected chi connectivity index (χ1v) is 8.63. The highest BCUT2D eigenvalue weighted by Gasteiger charge is 2.46. The molecule has 4 nitrogen and oxygen atoms in total. The number of carbonyl (C=O) groups is 1. The van der Waals surface area contributed by atoms with Gasteiger partial charge in [0, 0.05) is 5.70 Å². The minimum atomic E-state index is -4.85. The maximum Gasteiger partial charge on any atom is 0.416 e. The van der Waals surface area contributed by atoms with E-state index < -0.39 is 35.5 Å². The highest BCUT2D eigenvalue weighted by Crippen LogP contribution is 2.43. The normalized spacial score (nSPS) is 20.1. The second-order valence-corrected chi connectivity index (χ2v) is 7.03. The van der Waals surface area contributed by atoms with Gasteiger partial charge in [0.1, 0.15) is 5.82 Å². The fourth-order valence-electron chi connectivity index (χ4n) is 3.15. The van der Waals surface area contributed by atoms with Crippen molar-refractivity contribution >= 4 is 11.7 Å². The summed E-state index contributed by atoms with van der Waals surface area (Å²) in [6.45, 7) is 14.2. The molecule has 1 aromatic carbocycles. The summed E-state index contributed by atoms with van der Waals surface area (Å²) >= 11 is 0. The van der Waals surface area contributed by atoms with Crippen LogP contribution in [0.2, 0.25) is 0 Å². The minimum absolute atomic E-state index is 0.0188. The van der Waals surface area contributed by atoms with Gasteiger partial charge >= 0.3 is 12.1 Å². The van der Waals surface area contributed by atoms with Crippen molar-refractivity contribution in [1.82, 2.24) is 0 Å². The van der Waals surface area contributed by atoms with Crippen LogP contribution < -0.4 is 0 Å². The lowest BCUT2D eigenvalue weighted by Gasteiger charge is -2.28. The topological polar surface area (TPSA) is 43.0 Å². The predicted octanol–water partition coefficient (Wildman–Crippen LogP) is 5.16. The van der Waals surface area contributed by atoms with Crippen molar-refractivity contribution in [2.24, 2.45) is 10.9 Å². The number of alkyl halides is 3. The second-order valence-electron chi connectivity index (χ2n) is 7.03. The molecule has 0 amide bonds. The number of hydrogen-bond donors (Lipinski definition) is 0. The molecule has 28 heavy (non-hydrogen) atoms. The summed E-state index contributed by atoms with van der Waals surface area (Å²) in [5, 5.41) is 0. The lowest BCUT2D eigenvalue weighted by molar-refractivity contribution is -0.141. The first-order chi connectivity index (χ1) is 13.0. The Morgan fingerprint density at radius 2 is 1.96 bits per heavy atom. The summed E-state index contributed by atoms with van der Waals surface area (Å²) < 4.78 is 59.5. The molecule has 0 radical (unpaired) electrons. The summed E-state index contributed by atoms with van der Waals surface area (Å²) in [6, 6.07) is 1.11. The van der Waals surface area contributed by atoms with Gasteiger partial charge in [0.25, 0.3) is 6.04 Å². The molecule has 0 fully saturated rings. The molecule has 2 atom stereocenters. The Hall–Kier alpha value is -2.69. The summed E-state index contributed by atoms with van der Waals surface area (Å²) in [5.41, 5.74) is -1.20. The number of hydrogen-bond acceptors (Lipinski definition) is 3. The smallest absolute Gasteiger partial charge is 0.416 e. The second kappa shape index (κ2) is 8.13. The number of ether oxygens (including phenoxy) is 1. The molecular formula is C20H20F4N2O2. The largest absolute Gasteiger partial charge is 0.462 e. The van der Waals surface area contributed by atoms with Crippen LogP contribution in [0.15, 0.2) is 34.5 Å². The van der Waals surface area contributed by atoms with Crippen LogP contribution in [-0.2, 0) is 15.7 Å². The molecule has 0 aliphatic carbocycles. The van der Waals surface area contributed by atoms with Gasteiger partial charge in [-0.1, -0.05) is 19.9 Å². The van der Waals surface area contributed by atoms with Gasteiger partial charge in [-0.15, -0.1) is 0 Å². The van der Waals surface area contributed by atoms with Gasteiger partial charge in [0.2, 0.25) is 0 Å². The number of nitrogens with zero attached hydrogens (tertiary/aromatic N) is 2. The first kappa shape index (κ1) is 21.6. The number of allylic oxidation sites excluding steroid dienone is 1. The lowest BCUT2D eigenvalue weighted by Crippen LogP contribution is -2.34. The van der Waals surface area contributed by atoms with E-state index in [1.165, 1.54) is 13.8 Å². The molecule has 1 aromatic rings. The fraction of sp³-hybridized carbons (Fsp3) is 0.450. The summed E-state index contributed by atoms with van der Waals surface area (Å²) in [5.74, 6) is -3.11. The van der Waals surface area contributed by atoms with E-state index in [0.717, 1.165) is 12.1 Å². The van der Waals surface area contributed by atoms with Crippen molar-refractivity contribution < 1.29 is 27.1 Å². The van der Waals surface area contributed by atoms with Crippen LogP contribution in [-0.4, -0.2) is 24.3 Å². The fourth-order valence-corrected chi connectivity index (χ4v) is 3.15. The molecule has 0 aromatic heterocycles. The van der Waals surface area contributed by atoms with Crippen LogP contribution in [0, 0.1) is 18.3 Å². The van der Waals surface area contributed by atoms with Crippen LogP contribution in [0.5, 0.6) is 0 Å². The Bertz CT molecular complexity index is 879. The molecule has 0 N–H and O–H groups in total. The number of esters is 1. The molecular weight excluding hydrogens is 376 g/mol. The van der Waals surface area contributed by atoms with Crippen molar-refractivity contribution in [1.29, 1.82) is 0 Å². The number of halogens is 4. The van der Waals surface area contributed by atoms with Crippen LogP contribution in [0.25, 0.3) is 4.85 Å². The molecule has 0 spiro atoms. The first-order valence-electron chi connectivity index (χ1n) is 8.63. The highest BCUT2D eigenvalue weighted by atomic mass is 19.4. The molecule has 150 valence electrons. The van der Waals surface area contributed by atoms with Crippen LogP contribution in [0.1, 0.15) is 44.7 Å². The van der Waals surface area contributed by atoms with Crippen LogP contribution in [0.4, 0.5) is 17.6 Å². The predicted molar refractivity (Wildman–Crippen MR) is 96.1 cm³/mol. The van der Waals surface area contributed by atoms with Gasteiger partial charge in [-0.05, 0) is 37.5 Å². The average Bonchev–Trinajstić information content (AvgIpc) is 2.58. The van der Waals surface area contributed by atoms with Crippen molar-refractivity contribution in [2.45, 2.75) is 45.8 Å². The zero-order valence-electron chi connectivity index (χ0n) is 15.9. The number of carbonyl (C=O) groups excluding carboxylic acids is 1. The summed E-state index contributed by atoms with van der Waals surface area (Å²) in [7, 11) is 0. The van der Waals surface area contributed by atoms with E-state index in [-0.39, 0.29) is 35.1 Å². The third-order valence-corrected chi connectivity index (χ3v) is 4.35. The molecule has 2 unspecified atom stereocenters. The van der Waals surface area contributed by atoms with E-state index >= 15 is 0 Å². The van der Waals surface area contributed by atoms with E-state index in [2.05, 4.69) is 9.84 Å². The van der Waals surface area contributed by atoms with Gasteiger partial charge < -0.3 is 9.58 Å². The van der Waals surface area contributed by atoms with Crippen LogP contribution in [0.3, 0.4) is 0 Å². The Morgan fingerprint density at radius 3 is 2.50 bits per heavy atom. The van der Waals surface area contributed by atoms with Gasteiger partial charge in [0.05, 0.1) is 29.4 Å². The maximum absolute atomic E-state index is 13.6. The lowest BCUT2D eigenvalue weighted by atomic mass is 9.78. The third-order valence-electron chi connectivity index (χ3n) is 4.35. The Kier molecular flexibility index (Phi) is 6.27. The Morgan fingerprint density at radius 1 is 1.32 bits per heavy atom. The molecule has 8 heteroatoms. The molecule has 2 rings (SSSR count). The standard InChI is InChI=1S/C20H20F4N2O2/c1-10(2)9-28-19(27)16-11(3)26-12(4)18(25-5)17(16)14-7-6-13(21)8-15(14)20(22,23)24/h6-8,10,17-18H,9H2,1-4H3. The molecule has 1 aliphatic heterocycles. The number of aliphatic imine (C=N–C) groups is 1. The van der Waals surface area contributed by atoms with Crippen molar-refractivity contribution in [2.75, 3.05) is 6.61 Å². The van der Waals surface area contributed by atoms with E-state index in [0.29, 0.717) is 6.07 Å². The monoisotopic (exact) mass is 396 g/mol. The van der Waals surface area contributed by atoms with Crippen molar-refractivity contribution in [3.05, 3.63) is 57.8 Å². The Balaban J connectivity index is 2.69. The highest BCUT2D eigenvalue weighted by molar-refractivity contribution is 6.00. The molecule has 0 saturated carbocycles. The van der Waals surface area contributed by atoms with E-state index in [1.807, 2.05) is 13.8 Å². The molecule has 1 aliphatic rings. The van der Waals surface area contributed by atoms with Crippen LogP contribution >= 0.6 is 0 Å². The van der Waals surface area contributed by atoms with E-state index in [9.17, 15) is 22.4 Å². The third kappa shape index (κ3) is 4.41. The van der Waals surface area contributed by atoms with Gasteiger partial charge in [-0.2, -0.15) is 13.2 Å². The summed E-state index contributed by atoms with van der Waals surface area (Å²) in [6.07, 6.45) is -4.85. The average molecular weight is 396 g/mol. The number of benzene rings is 1. The maximum atomic E-state index is 13.6. The zero-order chi connectivity index (χ0) is 21.2. The van der Waals surface area contributed by atoms with Crippen molar-refractivity contribution in [3.8, 4) is 0 Å². The van der Waals surface area contributed by atoms with Gasteiger partial charge in [-0.3, -0.25) is 4.99 Å². The van der Waals surface area contributed by atoms with E-state index in [1.54, 1.807) is 0 Å². The minimum Gasteiger partial charge on any atom is -0.462 e. The van der Waals surface area contributed by atoms with Gasteiger partial charge in [-0.25, -0.2) is 15.8 Å². The summed E-state index contributed by atoms with van der Waals surface area (Å²) in [4.78, 5) is 20.3.